The fraction of sp³-hybridized carbons (Fsp3) is 0.304. The molecule has 6 nitrogen and oxygen atoms in total. The summed E-state index contributed by atoms with van der Waals surface area (Å²) in [5, 5.41) is 7.49. The molecule has 1 saturated heterocycles. The molecular formula is C23H24N4O2. The predicted molar refractivity (Wildman–Crippen MR) is 113 cm³/mol. The van der Waals surface area contributed by atoms with E-state index in [2.05, 4.69) is 27.8 Å². The molecule has 1 atom stereocenters. The number of fused-ring (bicyclic) bond motifs is 3. The minimum atomic E-state index is -0.336. The van der Waals surface area contributed by atoms with Gasteiger partial charge in [0, 0.05) is 36.2 Å². The zero-order valence-corrected chi connectivity index (χ0v) is 16.2. The van der Waals surface area contributed by atoms with Crippen LogP contribution < -0.4 is 10.6 Å². The van der Waals surface area contributed by atoms with E-state index in [1.807, 2.05) is 29.2 Å². The van der Waals surface area contributed by atoms with Gasteiger partial charge < -0.3 is 15.2 Å². The average molecular weight is 388 g/mol. The van der Waals surface area contributed by atoms with Crippen molar-refractivity contribution in [1.82, 2.24) is 15.2 Å². The first kappa shape index (κ1) is 17.9. The molecule has 2 aliphatic heterocycles. The molecule has 6 heteroatoms. The van der Waals surface area contributed by atoms with Gasteiger partial charge in [-0.3, -0.25) is 14.9 Å². The number of hydrogen-bond donors (Lipinski definition) is 3. The van der Waals surface area contributed by atoms with Crippen molar-refractivity contribution in [2.45, 2.75) is 31.8 Å². The van der Waals surface area contributed by atoms with Gasteiger partial charge in [0.15, 0.2) is 0 Å². The molecule has 0 bridgehead atoms. The molecule has 2 aromatic carbocycles. The highest BCUT2D eigenvalue weighted by atomic mass is 16.2. The topological polar surface area (TPSA) is 77.2 Å². The maximum atomic E-state index is 13.0. The van der Waals surface area contributed by atoms with Gasteiger partial charge in [-0.15, -0.1) is 0 Å². The van der Waals surface area contributed by atoms with Gasteiger partial charge in [0.2, 0.25) is 5.91 Å². The van der Waals surface area contributed by atoms with Crippen molar-refractivity contribution in [2.75, 3.05) is 18.4 Å². The van der Waals surface area contributed by atoms with Crippen molar-refractivity contribution in [2.24, 2.45) is 0 Å². The van der Waals surface area contributed by atoms with Crippen LogP contribution in [0.1, 0.15) is 34.5 Å². The third kappa shape index (κ3) is 3.29. The highest BCUT2D eigenvalue weighted by Gasteiger charge is 2.28. The van der Waals surface area contributed by atoms with Gasteiger partial charge in [-0.1, -0.05) is 30.3 Å². The van der Waals surface area contributed by atoms with Gasteiger partial charge in [-0.2, -0.15) is 0 Å². The fourth-order valence-electron chi connectivity index (χ4n) is 4.42. The van der Waals surface area contributed by atoms with Crippen LogP contribution in [0, 0.1) is 0 Å². The highest BCUT2D eigenvalue weighted by molar-refractivity contribution is 6.05. The van der Waals surface area contributed by atoms with E-state index in [9.17, 15) is 9.59 Å². The molecule has 1 aromatic heterocycles. The van der Waals surface area contributed by atoms with E-state index in [0.717, 1.165) is 37.1 Å². The van der Waals surface area contributed by atoms with E-state index in [1.165, 1.54) is 10.9 Å². The summed E-state index contributed by atoms with van der Waals surface area (Å²) in [7, 11) is 0. The number of para-hydroxylation sites is 2. The second-order valence-corrected chi connectivity index (χ2v) is 7.80. The zero-order chi connectivity index (χ0) is 19.8. The molecule has 5 rings (SSSR count). The standard InChI is InChI=1S/C23H24N4O2/c28-22(20-13-17-15-7-1-3-9-18(15)25-21(17)14-24-20)26-19-10-4-2-8-16(19)23(29)27-11-5-6-12-27/h1-4,7-10,20,24-25H,5-6,11-14H2,(H,26,28)/t20-/m1/s1. The number of carbonyl (C=O) groups excluding carboxylic acids is 2. The van der Waals surface area contributed by atoms with Crippen LogP contribution in [0.15, 0.2) is 48.5 Å². The van der Waals surface area contributed by atoms with Crippen LogP contribution >= 0.6 is 0 Å². The van der Waals surface area contributed by atoms with Gasteiger partial charge in [0.05, 0.1) is 17.3 Å². The van der Waals surface area contributed by atoms with E-state index in [-0.39, 0.29) is 17.9 Å². The van der Waals surface area contributed by atoms with E-state index in [0.29, 0.717) is 24.2 Å². The number of hydrogen-bond acceptors (Lipinski definition) is 3. The number of amides is 2. The monoisotopic (exact) mass is 388 g/mol. The van der Waals surface area contributed by atoms with Crippen molar-refractivity contribution in [3.8, 4) is 0 Å². The molecule has 0 radical (unpaired) electrons. The Kier molecular flexibility index (Phi) is 4.56. The number of H-pyrrole nitrogens is 1. The third-order valence-corrected chi connectivity index (χ3v) is 5.96. The van der Waals surface area contributed by atoms with Crippen molar-refractivity contribution < 1.29 is 9.59 Å². The summed E-state index contributed by atoms with van der Waals surface area (Å²) in [6.45, 7) is 2.19. The van der Waals surface area contributed by atoms with Crippen molar-refractivity contribution in [1.29, 1.82) is 0 Å². The van der Waals surface area contributed by atoms with E-state index in [1.54, 1.807) is 12.1 Å². The Morgan fingerprint density at radius 3 is 2.62 bits per heavy atom. The minimum Gasteiger partial charge on any atom is -0.357 e. The maximum absolute atomic E-state index is 13.0. The lowest BCUT2D eigenvalue weighted by molar-refractivity contribution is -0.118. The second-order valence-electron chi connectivity index (χ2n) is 7.80. The van der Waals surface area contributed by atoms with Crippen LogP contribution in [-0.2, 0) is 17.8 Å². The third-order valence-electron chi connectivity index (χ3n) is 5.96. The largest absolute Gasteiger partial charge is 0.357 e. The smallest absolute Gasteiger partial charge is 0.255 e. The van der Waals surface area contributed by atoms with Gasteiger partial charge in [0.25, 0.3) is 5.91 Å². The molecule has 1 fully saturated rings. The fourth-order valence-corrected chi connectivity index (χ4v) is 4.42. The Morgan fingerprint density at radius 2 is 1.76 bits per heavy atom. The molecule has 2 aliphatic rings. The van der Waals surface area contributed by atoms with Crippen LogP contribution in [0.25, 0.3) is 10.9 Å². The SMILES string of the molecule is O=C(Nc1ccccc1C(=O)N1CCCC1)[C@H]1Cc2c([nH]c3ccccc23)CN1. The maximum Gasteiger partial charge on any atom is 0.255 e. The van der Waals surface area contributed by atoms with Gasteiger partial charge in [-0.05, 0) is 43.0 Å². The summed E-state index contributed by atoms with van der Waals surface area (Å²) in [6.07, 6.45) is 2.70. The lowest BCUT2D eigenvalue weighted by Crippen LogP contribution is -2.44. The number of nitrogens with zero attached hydrogens (tertiary/aromatic N) is 1. The average Bonchev–Trinajstić information content (AvgIpc) is 3.41. The minimum absolute atomic E-state index is 0.00563. The Bertz CT molecular complexity index is 1080. The first-order valence-electron chi connectivity index (χ1n) is 10.2. The number of likely N-dealkylation sites (tertiary alicyclic amines) is 1. The van der Waals surface area contributed by atoms with Crippen LogP contribution in [-0.4, -0.2) is 40.8 Å². The highest BCUT2D eigenvalue weighted by Crippen LogP contribution is 2.27. The quantitative estimate of drug-likeness (QED) is 0.645. The van der Waals surface area contributed by atoms with Crippen molar-refractivity contribution in [3.05, 3.63) is 65.4 Å². The first-order valence-corrected chi connectivity index (χ1v) is 10.2. The Balaban J connectivity index is 1.36. The Hall–Kier alpha value is -3.12. The van der Waals surface area contributed by atoms with Crippen molar-refractivity contribution in [3.63, 3.8) is 0 Å². The number of benzene rings is 2. The van der Waals surface area contributed by atoms with Gasteiger partial charge >= 0.3 is 0 Å². The number of aromatic nitrogens is 1. The zero-order valence-electron chi connectivity index (χ0n) is 16.2. The van der Waals surface area contributed by atoms with Gasteiger partial charge in [-0.25, -0.2) is 0 Å². The number of carbonyl (C=O) groups is 2. The number of nitrogens with one attached hydrogen (secondary N) is 3. The molecule has 0 spiro atoms. The van der Waals surface area contributed by atoms with Crippen LogP contribution in [0.5, 0.6) is 0 Å². The Labute approximate surface area is 169 Å². The number of aromatic amines is 1. The Morgan fingerprint density at radius 1 is 1.00 bits per heavy atom. The summed E-state index contributed by atoms with van der Waals surface area (Å²) >= 11 is 0. The van der Waals surface area contributed by atoms with E-state index in [4.69, 9.17) is 0 Å². The molecule has 2 amide bonds. The molecule has 0 saturated carbocycles. The molecular weight excluding hydrogens is 364 g/mol. The number of rotatable bonds is 3. The molecule has 29 heavy (non-hydrogen) atoms. The molecule has 3 N–H and O–H groups in total. The first-order chi connectivity index (χ1) is 14.2. The molecule has 0 aliphatic carbocycles. The van der Waals surface area contributed by atoms with Crippen molar-refractivity contribution >= 4 is 28.4 Å². The summed E-state index contributed by atoms with van der Waals surface area (Å²) in [5.74, 6) is -0.114. The second kappa shape index (κ2) is 7.37. The molecule has 148 valence electrons. The normalized spacial score (nSPS) is 18.6. The lowest BCUT2D eigenvalue weighted by atomic mass is 9.98. The van der Waals surface area contributed by atoms with Crippen LogP contribution in [0.2, 0.25) is 0 Å². The van der Waals surface area contributed by atoms with E-state index < -0.39 is 0 Å². The molecule has 3 aromatic rings. The number of anilines is 1. The van der Waals surface area contributed by atoms with E-state index >= 15 is 0 Å². The molecule has 0 unspecified atom stereocenters. The summed E-state index contributed by atoms with van der Waals surface area (Å²) in [5.41, 5.74) is 4.58. The van der Waals surface area contributed by atoms with Crippen LogP contribution in [0.4, 0.5) is 5.69 Å². The summed E-state index contributed by atoms with van der Waals surface area (Å²) in [4.78, 5) is 31.2. The summed E-state index contributed by atoms with van der Waals surface area (Å²) in [6, 6.07) is 15.1. The predicted octanol–water partition coefficient (Wildman–Crippen LogP) is 3.06. The summed E-state index contributed by atoms with van der Waals surface area (Å²) < 4.78 is 0. The van der Waals surface area contributed by atoms with Crippen LogP contribution in [0.3, 0.4) is 0 Å². The lowest BCUT2D eigenvalue weighted by Gasteiger charge is -2.24. The molecule has 3 heterocycles. The van der Waals surface area contributed by atoms with Gasteiger partial charge in [0.1, 0.15) is 0 Å².